The Labute approximate surface area is 103 Å². The van der Waals surface area contributed by atoms with Crippen molar-refractivity contribution in [2.24, 2.45) is 5.92 Å². The number of carbonyl (C=O) groups is 1. The first-order chi connectivity index (χ1) is 7.98. The van der Waals surface area contributed by atoms with E-state index in [-0.39, 0.29) is 17.7 Å². The molecular formula is C12H21NO3S. The van der Waals surface area contributed by atoms with Crippen LogP contribution in [0, 0.1) is 5.92 Å². The molecule has 2 fully saturated rings. The van der Waals surface area contributed by atoms with Gasteiger partial charge in [0.15, 0.2) is 9.84 Å². The molecule has 0 aromatic rings. The van der Waals surface area contributed by atoms with E-state index >= 15 is 0 Å². The van der Waals surface area contributed by atoms with Crippen molar-refractivity contribution in [1.29, 1.82) is 0 Å². The van der Waals surface area contributed by atoms with Gasteiger partial charge >= 0.3 is 0 Å². The first-order valence-corrected chi connectivity index (χ1v) is 8.23. The maximum atomic E-state index is 11.7. The summed E-state index contributed by atoms with van der Waals surface area (Å²) in [4.78, 5) is 13.8. The Morgan fingerprint density at radius 2 is 2.06 bits per heavy atom. The monoisotopic (exact) mass is 259 g/mol. The minimum absolute atomic E-state index is 0.120. The SMILES string of the molecule is CN(CC1CCCCC1=O)C1CCS(=O)(=O)C1. The van der Waals surface area contributed by atoms with Gasteiger partial charge in [-0.3, -0.25) is 4.79 Å². The topological polar surface area (TPSA) is 54.5 Å². The molecule has 2 aliphatic rings. The number of nitrogens with zero attached hydrogens (tertiary/aromatic N) is 1. The normalized spacial score (nSPS) is 33.2. The van der Waals surface area contributed by atoms with Crippen LogP contribution in [0.3, 0.4) is 0 Å². The minimum atomic E-state index is -2.82. The number of carbonyl (C=O) groups excluding carboxylic acids is 1. The van der Waals surface area contributed by atoms with Gasteiger partial charge in [0.1, 0.15) is 5.78 Å². The summed E-state index contributed by atoms with van der Waals surface area (Å²) in [6, 6.07) is 0.120. The Hall–Kier alpha value is -0.420. The van der Waals surface area contributed by atoms with Crippen molar-refractivity contribution in [2.75, 3.05) is 25.1 Å². The number of hydrogen-bond acceptors (Lipinski definition) is 4. The molecule has 1 aliphatic heterocycles. The van der Waals surface area contributed by atoms with Crippen LogP contribution in [0.25, 0.3) is 0 Å². The molecule has 0 spiro atoms. The molecule has 1 saturated heterocycles. The van der Waals surface area contributed by atoms with E-state index < -0.39 is 9.84 Å². The van der Waals surface area contributed by atoms with Gasteiger partial charge in [-0.25, -0.2) is 8.42 Å². The highest BCUT2D eigenvalue weighted by atomic mass is 32.2. The number of ketones is 1. The smallest absolute Gasteiger partial charge is 0.151 e. The van der Waals surface area contributed by atoms with Gasteiger partial charge in [-0.1, -0.05) is 6.42 Å². The van der Waals surface area contributed by atoms with Crippen LogP contribution in [0.15, 0.2) is 0 Å². The highest BCUT2D eigenvalue weighted by Gasteiger charge is 2.32. The maximum Gasteiger partial charge on any atom is 0.151 e. The lowest BCUT2D eigenvalue weighted by molar-refractivity contribution is -0.125. The van der Waals surface area contributed by atoms with Crippen molar-refractivity contribution in [1.82, 2.24) is 4.90 Å². The van der Waals surface area contributed by atoms with Crippen molar-refractivity contribution in [2.45, 2.75) is 38.1 Å². The minimum Gasteiger partial charge on any atom is -0.302 e. The number of sulfone groups is 1. The summed E-state index contributed by atoms with van der Waals surface area (Å²) >= 11 is 0. The Bertz CT molecular complexity index is 391. The van der Waals surface area contributed by atoms with Crippen LogP contribution < -0.4 is 0 Å². The fourth-order valence-electron chi connectivity index (χ4n) is 2.87. The first-order valence-electron chi connectivity index (χ1n) is 6.41. The van der Waals surface area contributed by atoms with Gasteiger partial charge in [0.2, 0.25) is 0 Å². The van der Waals surface area contributed by atoms with Crippen molar-refractivity contribution in [3.63, 3.8) is 0 Å². The molecule has 0 aromatic heterocycles. The predicted molar refractivity (Wildman–Crippen MR) is 66.7 cm³/mol. The molecule has 2 unspecified atom stereocenters. The lowest BCUT2D eigenvalue weighted by Gasteiger charge is -2.29. The third kappa shape index (κ3) is 3.28. The standard InChI is InChI=1S/C12H21NO3S/c1-13(11-6-7-17(15,16)9-11)8-10-4-2-3-5-12(10)14/h10-11H,2-9H2,1H3. The third-order valence-corrected chi connectivity index (χ3v) is 5.77. The van der Waals surface area contributed by atoms with Gasteiger partial charge in [0, 0.05) is 24.9 Å². The molecule has 0 amide bonds. The van der Waals surface area contributed by atoms with Crippen LogP contribution in [0.4, 0.5) is 0 Å². The van der Waals surface area contributed by atoms with Gasteiger partial charge in [0.05, 0.1) is 11.5 Å². The molecule has 17 heavy (non-hydrogen) atoms. The van der Waals surface area contributed by atoms with E-state index in [1.165, 1.54) is 0 Å². The maximum absolute atomic E-state index is 11.7. The first kappa shape index (κ1) is 13.0. The number of Topliss-reactive ketones (excluding diaryl/α,β-unsaturated/α-hetero) is 1. The molecule has 0 N–H and O–H groups in total. The Kier molecular flexibility index (Phi) is 3.88. The second-order valence-electron chi connectivity index (χ2n) is 5.41. The molecule has 5 heteroatoms. The van der Waals surface area contributed by atoms with Gasteiger partial charge in [-0.05, 0) is 26.3 Å². The summed E-state index contributed by atoms with van der Waals surface area (Å²) in [5.74, 6) is 1.08. The molecule has 2 atom stereocenters. The van der Waals surface area contributed by atoms with E-state index in [1.807, 2.05) is 7.05 Å². The fourth-order valence-corrected chi connectivity index (χ4v) is 4.67. The molecule has 1 heterocycles. The Morgan fingerprint density at radius 3 is 2.65 bits per heavy atom. The van der Waals surface area contributed by atoms with Crippen molar-refractivity contribution < 1.29 is 13.2 Å². The van der Waals surface area contributed by atoms with Crippen molar-refractivity contribution in [3.8, 4) is 0 Å². The van der Waals surface area contributed by atoms with E-state index in [2.05, 4.69) is 4.90 Å². The summed E-state index contributed by atoms with van der Waals surface area (Å²) in [5, 5.41) is 0. The highest BCUT2D eigenvalue weighted by Crippen LogP contribution is 2.24. The van der Waals surface area contributed by atoms with Crippen LogP contribution in [0.2, 0.25) is 0 Å². The molecule has 0 radical (unpaired) electrons. The summed E-state index contributed by atoms with van der Waals surface area (Å²) in [7, 11) is -0.870. The largest absolute Gasteiger partial charge is 0.302 e. The van der Waals surface area contributed by atoms with E-state index in [1.54, 1.807) is 0 Å². The second kappa shape index (κ2) is 5.06. The molecule has 1 saturated carbocycles. The van der Waals surface area contributed by atoms with Crippen LogP contribution in [-0.4, -0.2) is 50.2 Å². The quantitative estimate of drug-likeness (QED) is 0.754. The lowest BCUT2D eigenvalue weighted by Crippen LogP contribution is -2.39. The van der Waals surface area contributed by atoms with E-state index in [9.17, 15) is 13.2 Å². The lowest BCUT2D eigenvalue weighted by atomic mass is 9.87. The van der Waals surface area contributed by atoms with Crippen LogP contribution in [0.5, 0.6) is 0 Å². The van der Waals surface area contributed by atoms with Crippen molar-refractivity contribution in [3.05, 3.63) is 0 Å². The van der Waals surface area contributed by atoms with Crippen molar-refractivity contribution >= 4 is 15.6 Å². The van der Waals surface area contributed by atoms with Crippen LogP contribution in [-0.2, 0) is 14.6 Å². The van der Waals surface area contributed by atoms with Gasteiger partial charge in [0.25, 0.3) is 0 Å². The highest BCUT2D eigenvalue weighted by molar-refractivity contribution is 7.91. The zero-order chi connectivity index (χ0) is 12.5. The van der Waals surface area contributed by atoms with Gasteiger partial charge in [-0.2, -0.15) is 0 Å². The molecule has 4 nitrogen and oxygen atoms in total. The molecule has 2 rings (SSSR count). The average molecular weight is 259 g/mol. The summed E-state index contributed by atoms with van der Waals surface area (Å²) in [6.45, 7) is 0.735. The number of rotatable bonds is 3. The Morgan fingerprint density at radius 1 is 1.29 bits per heavy atom. The van der Waals surface area contributed by atoms with Crippen LogP contribution >= 0.6 is 0 Å². The van der Waals surface area contributed by atoms with E-state index in [0.29, 0.717) is 18.0 Å². The van der Waals surface area contributed by atoms with Gasteiger partial charge < -0.3 is 4.90 Å². The molecule has 98 valence electrons. The molecule has 1 aliphatic carbocycles. The second-order valence-corrected chi connectivity index (χ2v) is 7.63. The fraction of sp³-hybridized carbons (Fsp3) is 0.917. The zero-order valence-electron chi connectivity index (χ0n) is 10.4. The van der Waals surface area contributed by atoms with Crippen LogP contribution in [0.1, 0.15) is 32.1 Å². The van der Waals surface area contributed by atoms with Gasteiger partial charge in [-0.15, -0.1) is 0 Å². The summed E-state index contributed by atoms with van der Waals surface area (Å²) < 4.78 is 22.8. The van der Waals surface area contributed by atoms with E-state index in [4.69, 9.17) is 0 Å². The van der Waals surface area contributed by atoms with E-state index in [0.717, 1.165) is 32.2 Å². The molecule has 0 aromatic carbocycles. The summed E-state index contributed by atoms with van der Waals surface area (Å²) in [5.41, 5.74) is 0. The molecule has 0 bridgehead atoms. The number of hydrogen-bond donors (Lipinski definition) is 0. The predicted octanol–water partition coefficient (Wildman–Crippen LogP) is 0.865. The molecular weight excluding hydrogens is 238 g/mol. The summed E-state index contributed by atoms with van der Waals surface area (Å²) in [6.07, 6.45) is 4.56. The third-order valence-electron chi connectivity index (χ3n) is 4.02. The zero-order valence-corrected chi connectivity index (χ0v) is 11.2. The average Bonchev–Trinajstić information content (AvgIpc) is 2.62. The Balaban J connectivity index is 1.88.